The highest BCUT2D eigenvalue weighted by molar-refractivity contribution is 5.72. The first kappa shape index (κ1) is 16.7. The molecule has 2 aromatic heterocycles. The van der Waals surface area contributed by atoms with Gasteiger partial charge in [0.1, 0.15) is 11.5 Å². The van der Waals surface area contributed by atoms with E-state index in [0.29, 0.717) is 0 Å². The molecular weight excluding hydrogens is 331 g/mol. The summed E-state index contributed by atoms with van der Waals surface area (Å²) in [5, 5.41) is 4.23. The first-order valence-corrected chi connectivity index (χ1v) is 8.71. The van der Waals surface area contributed by atoms with E-state index in [1.54, 1.807) is 18.5 Å². The summed E-state index contributed by atoms with van der Waals surface area (Å²) in [5.41, 5.74) is 2.71. The molecule has 0 atom stereocenters. The first-order valence-electron chi connectivity index (χ1n) is 8.71. The van der Waals surface area contributed by atoms with Crippen LogP contribution in [0.15, 0.2) is 49.1 Å². The number of benzene rings is 1. The van der Waals surface area contributed by atoms with Gasteiger partial charge < -0.3 is 4.90 Å². The number of hydrogen-bond acceptors (Lipinski definition) is 5. The Hall–Kier alpha value is -2.80. The van der Waals surface area contributed by atoms with Crippen molar-refractivity contribution in [3.8, 4) is 11.3 Å². The van der Waals surface area contributed by atoms with Crippen molar-refractivity contribution in [1.82, 2.24) is 24.6 Å². The van der Waals surface area contributed by atoms with Gasteiger partial charge in [0.05, 0.1) is 6.20 Å². The van der Waals surface area contributed by atoms with Crippen LogP contribution in [0.5, 0.6) is 0 Å². The predicted octanol–water partition coefficient (Wildman–Crippen LogP) is 2.34. The van der Waals surface area contributed by atoms with Crippen molar-refractivity contribution in [1.29, 1.82) is 0 Å². The number of halogens is 1. The first-order chi connectivity index (χ1) is 12.7. The zero-order valence-corrected chi connectivity index (χ0v) is 14.7. The van der Waals surface area contributed by atoms with Gasteiger partial charge in [0.2, 0.25) is 0 Å². The minimum atomic E-state index is -0.264. The minimum absolute atomic E-state index is 0.264. The van der Waals surface area contributed by atoms with Crippen molar-refractivity contribution in [2.75, 3.05) is 31.1 Å². The second-order valence-corrected chi connectivity index (χ2v) is 6.52. The Balaban J connectivity index is 1.48. The van der Waals surface area contributed by atoms with Crippen molar-refractivity contribution in [3.05, 3.63) is 60.4 Å². The number of anilines is 1. The Morgan fingerprint density at radius 3 is 2.62 bits per heavy atom. The Labute approximate surface area is 151 Å². The van der Waals surface area contributed by atoms with Crippen molar-refractivity contribution >= 4 is 5.82 Å². The summed E-state index contributed by atoms with van der Waals surface area (Å²) in [5.74, 6) is 0.555. The third-order valence-electron chi connectivity index (χ3n) is 4.61. The standard InChI is InChI=1S/C19H21FN6/c1-24-13-15(12-23-24)14-25-7-9-26(10-8-25)19-18(21-5-6-22-19)16-3-2-4-17(20)11-16/h2-6,11-13H,7-10,14H2,1H3. The fraction of sp³-hybridized carbons (Fsp3) is 0.316. The van der Waals surface area contributed by atoms with Gasteiger partial charge in [-0.15, -0.1) is 0 Å². The molecule has 7 heteroatoms. The predicted molar refractivity (Wildman–Crippen MR) is 98.1 cm³/mol. The van der Waals surface area contributed by atoms with Crippen LogP contribution in [-0.4, -0.2) is 50.8 Å². The summed E-state index contributed by atoms with van der Waals surface area (Å²) in [6.45, 7) is 4.50. The maximum absolute atomic E-state index is 13.6. The van der Waals surface area contributed by atoms with Crippen LogP contribution in [0.3, 0.4) is 0 Å². The van der Waals surface area contributed by atoms with Crippen LogP contribution in [0.2, 0.25) is 0 Å². The van der Waals surface area contributed by atoms with Crippen LogP contribution in [0.1, 0.15) is 5.56 Å². The number of nitrogens with zero attached hydrogens (tertiary/aromatic N) is 6. The van der Waals surface area contributed by atoms with E-state index in [1.807, 2.05) is 24.0 Å². The summed E-state index contributed by atoms with van der Waals surface area (Å²) < 4.78 is 15.4. The molecule has 134 valence electrons. The zero-order chi connectivity index (χ0) is 17.9. The average Bonchev–Trinajstić information content (AvgIpc) is 3.07. The number of aromatic nitrogens is 4. The summed E-state index contributed by atoms with van der Waals surface area (Å²) in [6.07, 6.45) is 7.32. The molecule has 0 spiro atoms. The molecule has 0 saturated carbocycles. The minimum Gasteiger partial charge on any atom is -0.352 e. The molecule has 0 N–H and O–H groups in total. The van der Waals surface area contributed by atoms with E-state index >= 15 is 0 Å². The van der Waals surface area contributed by atoms with Crippen LogP contribution in [0.4, 0.5) is 10.2 Å². The average molecular weight is 352 g/mol. The Morgan fingerprint density at radius 2 is 1.88 bits per heavy atom. The second-order valence-electron chi connectivity index (χ2n) is 6.52. The van der Waals surface area contributed by atoms with Gasteiger partial charge in [-0.2, -0.15) is 5.10 Å². The van der Waals surface area contributed by atoms with Crippen molar-refractivity contribution in [2.24, 2.45) is 7.05 Å². The van der Waals surface area contributed by atoms with Gasteiger partial charge >= 0.3 is 0 Å². The monoisotopic (exact) mass is 352 g/mol. The van der Waals surface area contributed by atoms with Gasteiger partial charge in [0, 0.05) is 69.5 Å². The fourth-order valence-corrected chi connectivity index (χ4v) is 3.33. The Morgan fingerprint density at radius 1 is 1.08 bits per heavy atom. The third kappa shape index (κ3) is 3.57. The van der Waals surface area contributed by atoms with E-state index in [9.17, 15) is 4.39 Å². The lowest BCUT2D eigenvalue weighted by Crippen LogP contribution is -2.46. The Bertz CT molecular complexity index is 885. The molecule has 0 bridgehead atoms. The number of hydrogen-bond donors (Lipinski definition) is 0. The topological polar surface area (TPSA) is 50.1 Å². The fourth-order valence-electron chi connectivity index (χ4n) is 3.33. The molecule has 0 unspecified atom stereocenters. The van der Waals surface area contributed by atoms with Gasteiger partial charge in [0.25, 0.3) is 0 Å². The molecule has 0 radical (unpaired) electrons. The molecule has 3 aromatic rings. The van der Waals surface area contributed by atoms with E-state index < -0.39 is 0 Å². The number of aryl methyl sites for hydroxylation is 1. The van der Waals surface area contributed by atoms with Gasteiger partial charge in [-0.3, -0.25) is 14.6 Å². The molecule has 1 saturated heterocycles. The van der Waals surface area contributed by atoms with E-state index in [4.69, 9.17) is 0 Å². The lowest BCUT2D eigenvalue weighted by atomic mass is 10.1. The van der Waals surface area contributed by atoms with Crippen molar-refractivity contribution in [3.63, 3.8) is 0 Å². The lowest BCUT2D eigenvalue weighted by molar-refractivity contribution is 0.249. The summed E-state index contributed by atoms with van der Waals surface area (Å²) >= 11 is 0. The van der Waals surface area contributed by atoms with E-state index in [2.05, 4.69) is 31.1 Å². The van der Waals surface area contributed by atoms with Crippen molar-refractivity contribution in [2.45, 2.75) is 6.54 Å². The number of rotatable bonds is 4. The van der Waals surface area contributed by atoms with Gasteiger partial charge in [-0.25, -0.2) is 9.37 Å². The summed E-state index contributed by atoms with van der Waals surface area (Å²) in [6, 6.07) is 6.52. The van der Waals surface area contributed by atoms with Crippen LogP contribution >= 0.6 is 0 Å². The van der Waals surface area contributed by atoms with Crippen LogP contribution in [0.25, 0.3) is 11.3 Å². The second kappa shape index (κ2) is 7.21. The van der Waals surface area contributed by atoms with Crippen LogP contribution in [-0.2, 0) is 13.6 Å². The molecule has 3 heterocycles. The smallest absolute Gasteiger partial charge is 0.155 e. The van der Waals surface area contributed by atoms with Gasteiger partial charge in [-0.1, -0.05) is 12.1 Å². The van der Waals surface area contributed by atoms with Gasteiger partial charge in [0.15, 0.2) is 5.82 Å². The Kier molecular flexibility index (Phi) is 4.62. The molecule has 6 nitrogen and oxygen atoms in total. The normalized spacial score (nSPS) is 15.4. The largest absolute Gasteiger partial charge is 0.352 e. The molecule has 1 aliphatic rings. The summed E-state index contributed by atoms with van der Waals surface area (Å²) in [4.78, 5) is 13.6. The van der Waals surface area contributed by atoms with E-state index in [1.165, 1.54) is 17.7 Å². The molecule has 26 heavy (non-hydrogen) atoms. The lowest BCUT2D eigenvalue weighted by Gasteiger charge is -2.35. The highest BCUT2D eigenvalue weighted by atomic mass is 19.1. The maximum Gasteiger partial charge on any atom is 0.155 e. The van der Waals surface area contributed by atoms with Crippen LogP contribution < -0.4 is 4.90 Å². The molecule has 4 rings (SSSR count). The van der Waals surface area contributed by atoms with Gasteiger partial charge in [-0.05, 0) is 12.1 Å². The van der Waals surface area contributed by atoms with Crippen molar-refractivity contribution < 1.29 is 4.39 Å². The molecule has 1 aromatic carbocycles. The maximum atomic E-state index is 13.6. The molecule has 1 fully saturated rings. The summed E-state index contributed by atoms with van der Waals surface area (Å²) in [7, 11) is 1.93. The highest BCUT2D eigenvalue weighted by Gasteiger charge is 2.21. The highest BCUT2D eigenvalue weighted by Crippen LogP contribution is 2.27. The zero-order valence-electron chi connectivity index (χ0n) is 14.7. The molecule has 0 aliphatic carbocycles. The van der Waals surface area contributed by atoms with E-state index in [-0.39, 0.29) is 5.82 Å². The molecule has 0 amide bonds. The molecular formula is C19H21FN6. The SMILES string of the molecule is Cn1cc(CN2CCN(c3nccnc3-c3cccc(F)c3)CC2)cn1. The quantitative estimate of drug-likeness (QED) is 0.721. The third-order valence-corrected chi connectivity index (χ3v) is 4.61. The molecule has 1 aliphatic heterocycles. The number of piperazine rings is 1. The van der Waals surface area contributed by atoms with E-state index in [0.717, 1.165) is 49.8 Å². The van der Waals surface area contributed by atoms with Crippen LogP contribution in [0, 0.1) is 5.82 Å².